The lowest BCUT2D eigenvalue weighted by Crippen LogP contribution is -2.12. The van der Waals surface area contributed by atoms with Crippen LogP contribution in [0.2, 0.25) is 5.02 Å². The van der Waals surface area contributed by atoms with Crippen molar-refractivity contribution in [2.24, 2.45) is 0 Å². The van der Waals surface area contributed by atoms with Crippen LogP contribution in [0.25, 0.3) is 0 Å². The highest BCUT2D eigenvalue weighted by Gasteiger charge is 2.21. The molecule has 3 nitrogen and oxygen atoms in total. The lowest BCUT2D eigenvalue weighted by Gasteiger charge is -2.17. The Morgan fingerprint density at radius 2 is 1.89 bits per heavy atom. The van der Waals surface area contributed by atoms with Gasteiger partial charge >= 0.3 is 0 Å². The molecule has 0 amide bonds. The first-order valence-corrected chi connectivity index (χ1v) is 6.92. The van der Waals surface area contributed by atoms with Crippen molar-refractivity contribution < 1.29 is 5.11 Å². The molecule has 0 aliphatic carbocycles. The number of aromatic nitrogens is 2. The molecule has 19 heavy (non-hydrogen) atoms. The number of benzene rings is 1. The van der Waals surface area contributed by atoms with Gasteiger partial charge in [-0.05, 0) is 31.4 Å². The highest BCUT2D eigenvalue weighted by atomic mass is 35.5. The predicted octanol–water partition coefficient (Wildman–Crippen LogP) is 3.76. The van der Waals surface area contributed by atoms with E-state index in [1.165, 1.54) is 5.56 Å². The first-order valence-electron chi connectivity index (χ1n) is 6.54. The number of rotatable bonds is 4. The molecule has 2 rings (SSSR count). The summed E-state index contributed by atoms with van der Waals surface area (Å²) in [6.07, 6.45) is 1.82. The number of halogens is 1. The highest BCUT2D eigenvalue weighted by molar-refractivity contribution is 6.31. The Morgan fingerprint density at radius 3 is 2.42 bits per heavy atom. The second kappa shape index (κ2) is 5.76. The Kier molecular flexibility index (Phi) is 4.27. The summed E-state index contributed by atoms with van der Waals surface area (Å²) in [5.41, 5.74) is 2.74. The smallest absolute Gasteiger partial charge is 0.122 e. The molecule has 102 valence electrons. The Balaban J connectivity index is 2.37. The molecule has 0 fully saturated rings. The molecule has 1 heterocycles. The second-order valence-corrected chi connectivity index (χ2v) is 5.32. The summed E-state index contributed by atoms with van der Waals surface area (Å²) in [5.74, 6) is 0. The van der Waals surface area contributed by atoms with Crippen LogP contribution in [0.5, 0.6) is 0 Å². The zero-order chi connectivity index (χ0) is 14.0. The van der Waals surface area contributed by atoms with E-state index in [0.29, 0.717) is 10.7 Å². The zero-order valence-corrected chi connectivity index (χ0v) is 12.2. The van der Waals surface area contributed by atoms with Gasteiger partial charge in [0, 0.05) is 6.04 Å². The van der Waals surface area contributed by atoms with Gasteiger partial charge < -0.3 is 5.11 Å². The minimum Gasteiger partial charge on any atom is -0.382 e. The molecule has 0 aliphatic rings. The van der Waals surface area contributed by atoms with Gasteiger partial charge in [0.15, 0.2) is 0 Å². The lowest BCUT2D eigenvalue weighted by molar-refractivity contribution is 0.205. The van der Waals surface area contributed by atoms with Crippen molar-refractivity contribution in [3.63, 3.8) is 0 Å². The van der Waals surface area contributed by atoms with Gasteiger partial charge in [-0.25, -0.2) is 0 Å². The standard InChI is InChI=1S/C15H19ClN2O/c1-4-11-5-7-12(8-6-11)15(19)14-13(16)9-17-18(14)10(2)3/h5-10,15,19H,4H2,1-3H3. The van der Waals surface area contributed by atoms with Crippen molar-refractivity contribution in [3.05, 3.63) is 52.3 Å². The van der Waals surface area contributed by atoms with Crippen molar-refractivity contribution >= 4 is 11.6 Å². The summed E-state index contributed by atoms with van der Waals surface area (Å²) in [6.45, 7) is 6.13. The Labute approximate surface area is 118 Å². The molecule has 4 heteroatoms. The van der Waals surface area contributed by atoms with E-state index in [0.717, 1.165) is 12.0 Å². The van der Waals surface area contributed by atoms with Crippen LogP contribution in [0.3, 0.4) is 0 Å². The third-order valence-electron chi connectivity index (χ3n) is 3.24. The predicted molar refractivity (Wildman–Crippen MR) is 77.5 cm³/mol. The SMILES string of the molecule is CCc1ccc(C(O)c2c(Cl)cnn2C(C)C)cc1. The van der Waals surface area contributed by atoms with Crippen LogP contribution in [0.1, 0.15) is 49.7 Å². The fraction of sp³-hybridized carbons (Fsp3) is 0.400. The summed E-state index contributed by atoms with van der Waals surface area (Å²) in [5, 5.41) is 15.2. The molecule has 1 N–H and O–H groups in total. The van der Waals surface area contributed by atoms with E-state index in [1.807, 2.05) is 38.1 Å². The van der Waals surface area contributed by atoms with Gasteiger partial charge in [0.25, 0.3) is 0 Å². The molecule has 1 aromatic carbocycles. The highest BCUT2D eigenvalue weighted by Crippen LogP contribution is 2.30. The average molecular weight is 279 g/mol. The average Bonchev–Trinajstić information content (AvgIpc) is 2.80. The number of aryl methyl sites for hydroxylation is 1. The Morgan fingerprint density at radius 1 is 1.26 bits per heavy atom. The maximum atomic E-state index is 10.5. The van der Waals surface area contributed by atoms with Crippen LogP contribution < -0.4 is 0 Å². The first kappa shape index (κ1) is 14.1. The van der Waals surface area contributed by atoms with E-state index in [1.54, 1.807) is 10.9 Å². The van der Waals surface area contributed by atoms with Crippen molar-refractivity contribution in [1.29, 1.82) is 0 Å². The van der Waals surface area contributed by atoms with Crippen LogP contribution >= 0.6 is 11.6 Å². The van der Waals surface area contributed by atoms with Crippen LogP contribution in [-0.4, -0.2) is 14.9 Å². The molecule has 2 aromatic rings. The van der Waals surface area contributed by atoms with Crippen LogP contribution in [-0.2, 0) is 6.42 Å². The van der Waals surface area contributed by atoms with E-state index in [4.69, 9.17) is 11.6 Å². The number of nitrogens with zero attached hydrogens (tertiary/aromatic N) is 2. The van der Waals surface area contributed by atoms with Gasteiger partial charge in [0.1, 0.15) is 6.10 Å². The molecule has 1 atom stereocenters. The van der Waals surface area contributed by atoms with Gasteiger partial charge in [-0.1, -0.05) is 42.8 Å². The normalized spacial score (nSPS) is 12.9. The summed E-state index contributed by atoms with van der Waals surface area (Å²) < 4.78 is 1.76. The first-order chi connectivity index (χ1) is 9.04. The Bertz CT molecular complexity index is 546. The van der Waals surface area contributed by atoms with Crippen LogP contribution in [0, 0.1) is 0 Å². The second-order valence-electron chi connectivity index (χ2n) is 4.91. The van der Waals surface area contributed by atoms with E-state index in [-0.39, 0.29) is 6.04 Å². The molecule has 0 saturated heterocycles. The van der Waals surface area contributed by atoms with E-state index >= 15 is 0 Å². The van der Waals surface area contributed by atoms with Crippen molar-refractivity contribution in [2.45, 2.75) is 39.3 Å². The lowest BCUT2D eigenvalue weighted by atomic mass is 10.0. The van der Waals surface area contributed by atoms with E-state index in [9.17, 15) is 5.11 Å². The van der Waals surface area contributed by atoms with Gasteiger partial charge in [-0.3, -0.25) is 4.68 Å². The quantitative estimate of drug-likeness (QED) is 0.925. The number of aliphatic hydroxyl groups excluding tert-OH is 1. The summed E-state index contributed by atoms with van der Waals surface area (Å²) in [6, 6.07) is 8.10. The number of aliphatic hydroxyl groups is 1. The maximum Gasteiger partial charge on any atom is 0.122 e. The number of hydrogen-bond acceptors (Lipinski definition) is 2. The summed E-state index contributed by atoms with van der Waals surface area (Å²) >= 11 is 6.15. The third kappa shape index (κ3) is 2.82. The van der Waals surface area contributed by atoms with Gasteiger partial charge in [-0.15, -0.1) is 0 Å². The fourth-order valence-corrected chi connectivity index (χ4v) is 2.35. The van der Waals surface area contributed by atoms with Crippen molar-refractivity contribution in [1.82, 2.24) is 9.78 Å². The van der Waals surface area contributed by atoms with Crippen molar-refractivity contribution in [2.75, 3.05) is 0 Å². The van der Waals surface area contributed by atoms with Gasteiger partial charge in [0.2, 0.25) is 0 Å². The molecule has 0 radical (unpaired) electrons. The largest absolute Gasteiger partial charge is 0.382 e. The molecular formula is C15H19ClN2O. The van der Waals surface area contributed by atoms with Crippen molar-refractivity contribution in [3.8, 4) is 0 Å². The number of hydrogen-bond donors (Lipinski definition) is 1. The summed E-state index contributed by atoms with van der Waals surface area (Å²) in [7, 11) is 0. The molecule has 1 aromatic heterocycles. The molecular weight excluding hydrogens is 260 g/mol. The molecule has 0 aliphatic heterocycles. The topological polar surface area (TPSA) is 38.1 Å². The molecule has 0 spiro atoms. The van der Waals surface area contributed by atoms with Gasteiger partial charge in [0.05, 0.1) is 16.9 Å². The summed E-state index contributed by atoms with van der Waals surface area (Å²) in [4.78, 5) is 0. The fourth-order valence-electron chi connectivity index (χ4n) is 2.11. The minimum absolute atomic E-state index is 0.159. The van der Waals surface area contributed by atoms with E-state index < -0.39 is 6.10 Å². The monoisotopic (exact) mass is 278 g/mol. The zero-order valence-electron chi connectivity index (χ0n) is 11.5. The Hall–Kier alpha value is -1.32. The molecule has 0 saturated carbocycles. The third-order valence-corrected chi connectivity index (χ3v) is 3.53. The molecule has 0 bridgehead atoms. The maximum absolute atomic E-state index is 10.5. The van der Waals surface area contributed by atoms with Crippen LogP contribution in [0.4, 0.5) is 0 Å². The van der Waals surface area contributed by atoms with E-state index in [2.05, 4.69) is 12.0 Å². The van der Waals surface area contributed by atoms with Crippen LogP contribution in [0.15, 0.2) is 30.5 Å². The minimum atomic E-state index is -0.747. The van der Waals surface area contributed by atoms with Gasteiger partial charge in [-0.2, -0.15) is 5.10 Å². The molecule has 1 unspecified atom stereocenters.